The summed E-state index contributed by atoms with van der Waals surface area (Å²) in [5, 5.41) is 28.1. The maximum Gasteiger partial charge on any atom is 0.334 e. The summed E-state index contributed by atoms with van der Waals surface area (Å²) in [6.45, 7) is 2.09. The minimum atomic E-state index is -1.31. The number of carbonyl (C=O) groups is 1. The Bertz CT molecular complexity index is 322. The average Bonchev–Trinajstić information content (AvgIpc) is 2.24. The van der Waals surface area contributed by atoms with Crippen molar-refractivity contribution in [2.45, 2.75) is 44.8 Å². The fraction of sp³-hybridized carbons (Fsp3) is 0.583. The Morgan fingerprint density at radius 1 is 1.24 bits per heavy atom. The fourth-order valence-electron chi connectivity index (χ4n) is 1.77. The van der Waals surface area contributed by atoms with Crippen LogP contribution in [0, 0.1) is 0 Å². The zero-order valence-electron chi connectivity index (χ0n) is 10.4. The molecule has 0 saturated heterocycles. The number of rotatable bonds is 5. The van der Waals surface area contributed by atoms with Crippen molar-refractivity contribution < 1.29 is 20.1 Å². The minimum absolute atomic E-state index is 0. The first kappa shape index (κ1) is 17.5. The molecule has 0 saturated carbocycles. The van der Waals surface area contributed by atoms with Gasteiger partial charge in [-0.1, -0.05) is 25.8 Å². The second-order valence-corrected chi connectivity index (χ2v) is 4.02. The van der Waals surface area contributed by atoms with Crippen LogP contribution in [0.3, 0.4) is 0 Å². The molecule has 1 aliphatic rings. The van der Waals surface area contributed by atoms with Gasteiger partial charge in [-0.2, -0.15) is 0 Å². The van der Waals surface area contributed by atoms with Gasteiger partial charge in [-0.25, -0.2) is 4.79 Å². The van der Waals surface area contributed by atoms with Crippen LogP contribution in [-0.2, 0) is 4.79 Å². The number of hydrogen-bond acceptors (Lipinski definition) is 3. The van der Waals surface area contributed by atoms with Gasteiger partial charge >= 0.3 is 5.97 Å². The molecular formula is C12H18KO4. The fourth-order valence-corrected chi connectivity index (χ4v) is 1.77. The first-order valence-corrected chi connectivity index (χ1v) is 5.58. The van der Waals surface area contributed by atoms with Crippen molar-refractivity contribution in [2.24, 2.45) is 0 Å². The standard InChI is InChI=1S/C12H18O4.K/c1-2-3-4-5-8-6-7-9(12(15)16)11(14)10(8)13;/h6-7,10-11,13-14H,2-5H2,1H3,(H,15,16);/t10-,11+;/m0./s1. The van der Waals surface area contributed by atoms with E-state index in [1.54, 1.807) is 6.08 Å². The Balaban J connectivity index is 0.00000256. The second-order valence-electron chi connectivity index (χ2n) is 4.02. The third-order valence-corrected chi connectivity index (χ3v) is 2.79. The molecule has 0 aromatic carbocycles. The zero-order chi connectivity index (χ0) is 12.1. The number of hydrogen-bond donors (Lipinski definition) is 3. The van der Waals surface area contributed by atoms with Crippen LogP contribution in [0.4, 0.5) is 0 Å². The van der Waals surface area contributed by atoms with Crippen LogP contribution in [0.25, 0.3) is 0 Å². The largest absolute Gasteiger partial charge is 0.478 e. The van der Waals surface area contributed by atoms with Gasteiger partial charge in [0.1, 0.15) is 12.2 Å². The molecule has 91 valence electrons. The van der Waals surface area contributed by atoms with Gasteiger partial charge < -0.3 is 15.3 Å². The van der Waals surface area contributed by atoms with Gasteiger partial charge in [0.05, 0.1) is 5.57 Å². The Hall–Kier alpha value is 0.506. The van der Waals surface area contributed by atoms with E-state index >= 15 is 0 Å². The van der Waals surface area contributed by atoms with E-state index in [9.17, 15) is 15.0 Å². The zero-order valence-corrected chi connectivity index (χ0v) is 13.5. The van der Waals surface area contributed by atoms with Crippen molar-refractivity contribution in [3.63, 3.8) is 0 Å². The van der Waals surface area contributed by atoms with Crippen LogP contribution in [0.1, 0.15) is 32.6 Å². The van der Waals surface area contributed by atoms with E-state index in [2.05, 4.69) is 6.92 Å². The molecule has 0 aliphatic heterocycles. The number of carboxylic acids is 1. The van der Waals surface area contributed by atoms with Crippen molar-refractivity contribution in [3.05, 3.63) is 23.3 Å². The molecule has 4 nitrogen and oxygen atoms in total. The van der Waals surface area contributed by atoms with E-state index in [1.165, 1.54) is 6.08 Å². The summed E-state index contributed by atoms with van der Waals surface area (Å²) < 4.78 is 0. The third-order valence-electron chi connectivity index (χ3n) is 2.79. The molecule has 0 aromatic heterocycles. The number of aliphatic hydroxyl groups is 2. The van der Waals surface area contributed by atoms with E-state index in [0.29, 0.717) is 12.0 Å². The van der Waals surface area contributed by atoms with Crippen molar-refractivity contribution >= 4 is 57.4 Å². The minimum Gasteiger partial charge on any atom is -0.478 e. The van der Waals surface area contributed by atoms with Crippen LogP contribution in [0.2, 0.25) is 0 Å². The number of unbranched alkanes of at least 4 members (excludes halogenated alkanes) is 2. The molecule has 0 fully saturated rings. The monoisotopic (exact) mass is 265 g/mol. The molecule has 1 aliphatic carbocycles. The Labute approximate surface area is 144 Å². The molecule has 1 rings (SSSR count). The van der Waals surface area contributed by atoms with Crippen molar-refractivity contribution in [3.8, 4) is 0 Å². The van der Waals surface area contributed by atoms with Crippen LogP contribution in [0.15, 0.2) is 23.3 Å². The topological polar surface area (TPSA) is 77.8 Å². The molecule has 0 heterocycles. The molecule has 1 radical (unpaired) electrons. The predicted octanol–water partition coefficient (Wildman–Crippen LogP) is 0.859. The number of allylic oxidation sites excluding steroid dienone is 2. The molecular weight excluding hydrogens is 247 g/mol. The van der Waals surface area contributed by atoms with E-state index in [4.69, 9.17) is 5.11 Å². The molecule has 2 atom stereocenters. The first-order valence-electron chi connectivity index (χ1n) is 5.58. The number of aliphatic hydroxyl groups excluding tert-OH is 2. The average molecular weight is 265 g/mol. The van der Waals surface area contributed by atoms with E-state index in [1.807, 2.05) is 0 Å². The number of aliphatic carboxylic acids is 1. The van der Waals surface area contributed by atoms with Gasteiger partial charge in [0.2, 0.25) is 0 Å². The molecule has 0 amide bonds. The molecule has 5 heteroatoms. The van der Waals surface area contributed by atoms with E-state index < -0.39 is 18.2 Å². The summed E-state index contributed by atoms with van der Waals surface area (Å²) in [7, 11) is 0. The van der Waals surface area contributed by atoms with E-state index in [0.717, 1.165) is 19.3 Å². The Morgan fingerprint density at radius 2 is 1.88 bits per heavy atom. The van der Waals surface area contributed by atoms with Gasteiger partial charge in [-0.05, 0) is 24.5 Å². The normalized spacial score (nSPS) is 23.5. The van der Waals surface area contributed by atoms with E-state index in [-0.39, 0.29) is 57.0 Å². The van der Waals surface area contributed by atoms with Gasteiger partial charge in [-0.15, -0.1) is 0 Å². The van der Waals surface area contributed by atoms with Crippen molar-refractivity contribution in [1.82, 2.24) is 0 Å². The Kier molecular flexibility index (Phi) is 8.84. The summed E-state index contributed by atoms with van der Waals surface area (Å²) >= 11 is 0. The van der Waals surface area contributed by atoms with Gasteiger partial charge in [0, 0.05) is 51.4 Å². The van der Waals surface area contributed by atoms with Gasteiger partial charge in [0.15, 0.2) is 0 Å². The molecule has 3 N–H and O–H groups in total. The summed E-state index contributed by atoms with van der Waals surface area (Å²) in [4.78, 5) is 10.7. The predicted molar refractivity (Wildman–Crippen MR) is 65.7 cm³/mol. The summed E-state index contributed by atoms with van der Waals surface area (Å²) in [6, 6.07) is 0. The third kappa shape index (κ3) is 4.94. The molecule has 17 heavy (non-hydrogen) atoms. The van der Waals surface area contributed by atoms with Crippen molar-refractivity contribution in [1.29, 1.82) is 0 Å². The summed E-state index contributed by atoms with van der Waals surface area (Å²) in [6.07, 6.45) is 4.40. The molecule has 0 bridgehead atoms. The van der Waals surface area contributed by atoms with Gasteiger partial charge in [0.25, 0.3) is 0 Å². The maximum atomic E-state index is 10.7. The number of carboxylic acid groups (broad SMARTS) is 1. The van der Waals surface area contributed by atoms with Gasteiger partial charge in [-0.3, -0.25) is 0 Å². The molecule has 0 spiro atoms. The smallest absolute Gasteiger partial charge is 0.334 e. The summed E-state index contributed by atoms with van der Waals surface area (Å²) in [5.74, 6) is -1.18. The second kappa shape index (κ2) is 8.58. The van der Waals surface area contributed by atoms with Crippen LogP contribution in [0.5, 0.6) is 0 Å². The molecule has 0 aromatic rings. The van der Waals surface area contributed by atoms with Crippen LogP contribution in [-0.4, -0.2) is 84.9 Å². The Morgan fingerprint density at radius 3 is 2.41 bits per heavy atom. The quantitative estimate of drug-likeness (QED) is 0.509. The maximum absolute atomic E-state index is 10.7. The first-order chi connectivity index (χ1) is 7.57. The SMILES string of the molecule is CCCCCC1=CC=C(C(=O)O)[C@@H](O)[C@H]1O.[K]. The molecule has 0 unspecified atom stereocenters. The van der Waals surface area contributed by atoms with Crippen molar-refractivity contribution in [2.75, 3.05) is 0 Å². The van der Waals surface area contributed by atoms with Crippen LogP contribution >= 0.6 is 0 Å². The van der Waals surface area contributed by atoms with Crippen LogP contribution < -0.4 is 0 Å². The summed E-state index contributed by atoms with van der Waals surface area (Å²) in [5.41, 5.74) is 0.567.